The maximum absolute atomic E-state index is 12.2. The molecule has 2 spiro atoms. The van der Waals surface area contributed by atoms with E-state index in [1.54, 1.807) is 4.90 Å². The molecule has 0 aromatic heterocycles. The number of carbonyl (C=O) groups excluding carboxylic acids is 3. The summed E-state index contributed by atoms with van der Waals surface area (Å²) >= 11 is 0. The molecule has 162 valence electrons. The standard InChI is InChI=1S/C15H17NO4.C7H11NO2/c17-13-6-8-16(15(13)7-9-19-11-15)14(18)20-10-12-4-2-1-3-5-12;9-6-1-3-8-7(6)2-4-10-5-7/h1-5H,6-11H2;8H,1-5H2. The lowest BCUT2D eigenvalue weighted by Gasteiger charge is -2.31. The predicted octanol–water partition coefficient (Wildman–Crippen LogP) is 1.47. The summed E-state index contributed by atoms with van der Waals surface area (Å²) in [5.41, 5.74) is -0.101. The molecule has 4 saturated heterocycles. The van der Waals surface area contributed by atoms with Crippen LogP contribution in [0.2, 0.25) is 0 Å². The van der Waals surface area contributed by atoms with E-state index in [1.165, 1.54) is 0 Å². The summed E-state index contributed by atoms with van der Waals surface area (Å²) in [4.78, 5) is 37.1. The number of hydrogen-bond acceptors (Lipinski definition) is 7. The van der Waals surface area contributed by atoms with Crippen LogP contribution in [0.4, 0.5) is 4.79 Å². The van der Waals surface area contributed by atoms with Crippen molar-refractivity contribution in [1.29, 1.82) is 0 Å². The molecule has 5 rings (SSSR count). The molecule has 1 aromatic rings. The minimum Gasteiger partial charge on any atom is -0.445 e. The maximum atomic E-state index is 12.2. The molecular weight excluding hydrogens is 388 g/mol. The second-order valence-corrected chi connectivity index (χ2v) is 8.18. The van der Waals surface area contributed by atoms with Crippen LogP contribution in [0.15, 0.2) is 30.3 Å². The zero-order valence-electron chi connectivity index (χ0n) is 17.1. The van der Waals surface area contributed by atoms with E-state index in [-0.39, 0.29) is 17.9 Å². The third kappa shape index (κ3) is 3.99. The molecule has 30 heavy (non-hydrogen) atoms. The molecule has 8 heteroatoms. The molecule has 4 fully saturated rings. The molecule has 8 nitrogen and oxygen atoms in total. The van der Waals surface area contributed by atoms with Crippen molar-refractivity contribution >= 4 is 17.7 Å². The predicted molar refractivity (Wildman–Crippen MR) is 107 cm³/mol. The van der Waals surface area contributed by atoms with Crippen molar-refractivity contribution in [2.45, 2.75) is 43.4 Å². The number of amides is 1. The third-order valence-electron chi connectivity index (χ3n) is 6.40. The largest absolute Gasteiger partial charge is 0.445 e. The molecule has 0 aliphatic carbocycles. The average Bonchev–Trinajstić information content (AvgIpc) is 3.55. The number of nitrogens with one attached hydrogen (secondary N) is 1. The fourth-order valence-electron chi connectivity index (χ4n) is 4.54. The minimum absolute atomic E-state index is 0.0895. The molecule has 4 heterocycles. The molecule has 2 atom stereocenters. The molecule has 0 saturated carbocycles. The summed E-state index contributed by atoms with van der Waals surface area (Å²) in [5, 5.41) is 3.21. The van der Waals surface area contributed by atoms with Crippen LogP contribution in [0.3, 0.4) is 0 Å². The smallest absolute Gasteiger partial charge is 0.411 e. The van der Waals surface area contributed by atoms with Gasteiger partial charge in [-0.15, -0.1) is 0 Å². The Kier molecular flexibility index (Phi) is 6.17. The normalized spacial score (nSPS) is 30.2. The number of benzene rings is 1. The van der Waals surface area contributed by atoms with Crippen molar-refractivity contribution in [3.8, 4) is 0 Å². The van der Waals surface area contributed by atoms with Gasteiger partial charge in [-0.2, -0.15) is 0 Å². The van der Waals surface area contributed by atoms with E-state index < -0.39 is 11.6 Å². The van der Waals surface area contributed by atoms with Gasteiger partial charge in [0.1, 0.15) is 17.7 Å². The van der Waals surface area contributed by atoms with Crippen molar-refractivity contribution in [3.05, 3.63) is 35.9 Å². The molecule has 2 unspecified atom stereocenters. The second kappa shape index (κ2) is 8.83. The highest BCUT2D eigenvalue weighted by molar-refractivity contribution is 5.95. The summed E-state index contributed by atoms with van der Waals surface area (Å²) < 4.78 is 15.8. The number of carbonyl (C=O) groups is 3. The second-order valence-electron chi connectivity index (χ2n) is 8.18. The zero-order valence-corrected chi connectivity index (χ0v) is 17.1. The Bertz CT molecular complexity index is 779. The van der Waals surface area contributed by atoms with Gasteiger partial charge in [-0.25, -0.2) is 4.79 Å². The molecule has 1 N–H and O–H groups in total. The first-order valence-corrected chi connectivity index (χ1v) is 10.5. The van der Waals surface area contributed by atoms with Crippen LogP contribution >= 0.6 is 0 Å². The summed E-state index contributed by atoms with van der Waals surface area (Å²) in [6, 6.07) is 9.51. The number of likely N-dealkylation sites (tertiary alicyclic amines) is 1. The summed E-state index contributed by atoms with van der Waals surface area (Å²) in [6.07, 6.45) is 2.09. The first-order chi connectivity index (χ1) is 14.6. The van der Waals surface area contributed by atoms with Gasteiger partial charge < -0.3 is 19.5 Å². The molecule has 1 amide bonds. The number of hydrogen-bond donors (Lipinski definition) is 1. The molecule has 4 aliphatic rings. The van der Waals surface area contributed by atoms with Gasteiger partial charge in [-0.1, -0.05) is 30.3 Å². The van der Waals surface area contributed by atoms with Crippen LogP contribution in [-0.4, -0.2) is 73.2 Å². The minimum atomic E-state index is -0.770. The topological polar surface area (TPSA) is 94.2 Å². The van der Waals surface area contributed by atoms with Crippen LogP contribution in [0, 0.1) is 0 Å². The first-order valence-electron chi connectivity index (χ1n) is 10.5. The van der Waals surface area contributed by atoms with E-state index in [2.05, 4.69) is 5.32 Å². The van der Waals surface area contributed by atoms with Crippen molar-refractivity contribution in [3.63, 3.8) is 0 Å². The molecule has 0 bridgehead atoms. The van der Waals surface area contributed by atoms with Crippen LogP contribution in [-0.2, 0) is 30.4 Å². The van der Waals surface area contributed by atoms with Gasteiger partial charge in [-0.05, 0) is 12.0 Å². The number of ketones is 2. The Morgan fingerprint density at radius 2 is 1.80 bits per heavy atom. The van der Waals surface area contributed by atoms with Crippen molar-refractivity contribution in [1.82, 2.24) is 10.2 Å². The van der Waals surface area contributed by atoms with Gasteiger partial charge in [0.05, 0.1) is 13.2 Å². The maximum Gasteiger partial charge on any atom is 0.411 e. The van der Waals surface area contributed by atoms with E-state index in [0.29, 0.717) is 51.4 Å². The summed E-state index contributed by atoms with van der Waals surface area (Å²) in [7, 11) is 0. The first kappa shape index (κ1) is 21.0. The van der Waals surface area contributed by atoms with E-state index in [9.17, 15) is 14.4 Å². The Labute approximate surface area is 175 Å². The monoisotopic (exact) mass is 416 g/mol. The molecule has 1 aromatic carbocycles. The van der Waals surface area contributed by atoms with Gasteiger partial charge in [0.25, 0.3) is 0 Å². The average molecular weight is 416 g/mol. The van der Waals surface area contributed by atoms with Gasteiger partial charge in [-0.3, -0.25) is 14.5 Å². The molecular formula is C22H28N2O6. The third-order valence-corrected chi connectivity index (χ3v) is 6.40. The van der Waals surface area contributed by atoms with E-state index in [1.807, 2.05) is 30.3 Å². The van der Waals surface area contributed by atoms with Gasteiger partial charge in [0, 0.05) is 45.6 Å². The van der Waals surface area contributed by atoms with Crippen LogP contribution in [0.25, 0.3) is 0 Å². The lowest BCUT2D eigenvalue weighted by atomic mass is 9.94. The fraction of sp³-hybridized carbons (Fsp3) is 0.591. The van der Waals surface area contributed by atoms with E-state index in [4.69, 9.17) is 14.2 Å². The highest BCUT2D eigenvalue weighted by Crippen LogP contribution is 2.34. The van der Waals surface area contributed by atoms with E-state index >= 15 is 0 Å². The number of Topliss-reactive ketones (excluding diaryl/α,β-unsaturated/α-hetero) is 2. The SMILES string of the molecule is O=C(OCc1ccccc1)N1CCC(=O)C12CCOC2.O=C1CCNC12CCOC2. The van der Waals surface area contributed by atoms with Crippen molar-refractivity contribution in [2.75, 3.05) is 39.5 Å². The van der Waals surface area contributed by atoms with Gasteiger partial charge >= 0.3 is 6.09 Å². The van der Waals surface area contributed by atoms with Crippen LogP contribution in [0.5, 0.6) is 0 Å². The Hall–Kier alpha value is -2.29. The highest BCUT2D eigenvalue weighted by Gasteiger charge is 2.53. The van der Waals surface area contributed by atoms with Crippen LogP contribution < -0.4 is 5.32 Å². The Morgan fingerprint density at radius 3 is 2.43 bits per heavy atom. The van der Waals surface area contributed by atoms with Crippen molar-refractivity contribution in [2.24, 2.45) is 0 Å². The zero-order chi connectivity index (χ0) is 21.0. The lowest BCUT2D eigenvalue weighted by Crippen LogP contribution is -2.51. The number of nitrogens with zero attached hydrogens (tertiary/aromatic N) is 1. The Balaban J connectivity index is 0.000000181. The van der Waals surface area contributed by atoms with Gasteiger partial charge in [0.15, 0.2) is 11.6 Å². The number of ether oxygens (including phenoxy) is 3. The number of rotatable bonds is 2. The molecule has 4 aliphatic heterocycles. The highest BCUT2D eigenvalue weighted by atomic mass is 16.6. The summed E-state index contributed by atoms with van der Waals surface area (Å²) in [5.74, 6) is 0.427. The van der Waals surface area contributed by atoms with E-state index in [0.717, 1.165) is 25.1 Å². The van der Waals surface area contributed by atoms with Crippen molar-refractivity contribution < 1.29 is 28.6 Å². The fourth-order valence-corrected chi connectivity index (χ4v) is 4.54. The van der Waals surface area contributed by atoms with Crippen LogP contribution in [0.1, 0.15) is 31.2 Å². The summed E-state index contributed by atoms with van der Waals surface area (Å²) in [6.45, 7) is 3.63. The van der Waals surface area contributed by atoms with Gasteiger partial charge in [0.2, 0.25) is 0 Å². The lowest BCUT2D eigenvalue weighted by molar-refractivity contribution is -0.125. The molecule has 0 radical (unpaired) electrons. The Morgan fingerprint density at radius 1 is 1.03 bits per heavy atom. The quantitative estimate of drug-likeness (QED) is 0.780.